The molecule has 1 heterocycles. The summed E-state index contributed by atoms with van der Waals surface area (Å²) in [6.07, 6.45) is 5.59. The van der Waals surface area contributed by atoms with Gasteiger partial charge in [-0.15, -0.1) is 0 Å². The van der Waals surface area contributed by atoms with Crippen LogP contribution in [0.4, 0.5) is 5.69 Å². The number of ether oxygens (including phenoxy) is 1. The van der Waals surface area contributed by atoms with Gasteiger partial charge in [-0.3, -0.25) is 4.79 Å². The number of benzene rings is 4. The second kappa shape index (κ2) is 10.4. The molecule has 2 N–H and O–H groups in total. The molecule has 4 aromatic rings. The molecule has 0 radical (unpaired) electrons. The van der Waals surface area contributed by atoms with Gasteiger partial charge >= 0.3 is 0 Å². The maximum atomic E-state index is 13.3. The van der Waals surface area contributed by atoms with Crippen molar-refractivity contribution in [2.24, 2.45) is 5.92 Å². The molecule has 0 spiro atoms. The molecule has 6 rings (SSSR count). The predicted octanol–water partition coefficient (Wildman–Crippen LogP) is 7.02. The summed E-state index contributed by atoms with van der Waals surface area (Å²) >= 11 is 0. The van der Waals surface area contributed by atoms with Crippen molar-refractivity contribution in [1.29, 1.82) is 0 Å². The highest BCUT2D eigenvalue weighted by molar-refractivity contribution is 6.00. The molecule has 0 saturated heterocycles. The van der Waals surface area contributed by atoms with Gasteiger partial charge in [-0.25, -0.2) is 0 Å². The lowest BCUT2D eigenvalue weighted by Crippen LogP contribution is -2.32. The van der Waals surface area contributed by atoms with Gasteiger partial charge in [0.1, 0.15) is 12.4 Å². The molecule has 4 heteroatoms. The smallest absolute Gasteiger partial charge is 0.253 e. The summed E-state index contributed by atoms with van der Waals surface area (Å²) < 4.78 is 6.01. The largest absolute Gasteiger partial charge is 0.489 e. The van der Waals surface area contributed by atoms with Gasteiger partial charge in [0.25, 0.3) is 5.91 Å². The van der Waals surface area contributed by atoms with Gasteiger partial charge < -0.3 is 15.4 Å². The number of carbonyl (C=O) groups excluding carboxylic acids is 1. The highest BCUT2D eigenvalue weighted by Gasteiger charge is 2.39. The van der Waals surface area contributed by atoms with E-state index in [0.29, 0.717) is 24.6 Å². The summed E-state index contributed by atoms with van der Waals surface area (Å²) in [5.74, 6) is 1.49. The molecule has 0 bridgehead atoms. The Kier molecular flexibility index (Phi) is 6.47. The zero-order chi connectivity index (χ0) is 25.0. The average molecular weight is 487 g/mol. The number of amides is 1. The first-order valence-corrected chi connectivity index (χ1v) is 12.9. The van der Waals surface area contributed by atoms with E-state index in [1.54, 1.807) is 0 Å². The van der Waals surface area contributed by atoms with Crippen molar-refractivity contribution in [3.05, 3.63) is 143 Å². The quantitative estimate of drug-likeness (QED) is 0.276. The summed E-state index contributed by atoms with van der Waals surface area (Å²) in [5.41, 5.74) is 6.27. The Morgan fingerprint density at radius 3 is 2.32 bits per heavy atom. The van der Waals surface area contributed by atoms with Gasteiger partial charge in [0.15, 0.2) is 0 Å². The second-order valence-corrected chi connectivity index (χ2v) is 9.76. The molecule has 0 aromatic heterocycles. The molecule has 0 saturated carbocycles. The zero-order valence-electron chi connectivity index (χ0n) is 20.6. The Balaban J connectivity index is 1.22. The van der Waals surface area contributed by atoms with E-state index in [2.05, 4.69) is 53.1 Å². The molecule has 4 nitrogen and oxygen atoms in total. The van der Waals surface area contributed by atoms with Crippen LogP contribution in [0.2, 0.25) is 0 Å². The van der Waals surface area contributed by atoms with Crippen molar-refractivity contribution >= 4 is 11.6 Å². The second-order valence-electron chi connectivity index (χ2n) is 9.76. The van der Waals surface area contributed by atoms with Crippen molar-refractivity contribution in [2.45, 2.75) is 31.5 Å². The van der Waals surface area contributed by atoms with Gasteiger partial charge in [0.05, 0.1) is 17.3 Å². The Morgan fingerprint density at radius 1 is 0.838 bits per heavy atom. The van der Waals surface area contributed by atoms with E-state index in [4.69, 9.17) is 4.74 Å². The molecule has 1 aliphatic carbocycles. The van der Waals surface area contributed by atoms with Crippen molar-refractivity contribution in [3.8, 4) is 5.75 Å². The van der Waals surface area contributed by atoms with E-state index < -0.39 is 0 Å². The molecule has 3 unspecified atom stereocenters. The van der Waals surface area contributed by atoms with Crippen molar-refractivity contribution in [2.75, 3.05) is 5.32 Å². The standard InChI is InChI=1S/C33H30N2O2/c36-33(34-21-23-9-3-1-4-10-23)30-16-8-15-29-27-13-7-14-28(27)31(35-32(29)30)25-17-19-26(20-18-25)37-22-24-11-5-2-6-12-24/h1-13,15-20,27-28,31,35H,14,21-22H2,(H,34,36). The first-order valence-electron chi connectivity index (χ1n) is 12.9. The number of nitrogens with one attached hydrogen (secondary N) is 2. The van der Waals surface area contributed by atoms with Gasteiger partial charge in [0, 0.05) is 12.5 Å². The van der Waals surface area contributed by atoms with Crippen LogP contribution in [-0.4, -0.2) is 5.91 Å². The van der Waals surface area contributed by atoms with Crippen LogP contribution < -0.4 is 15.4 Å². The Bertz CT molecular complexity index is 1400. The highest BCUT2D eigenvalue weighted by Crippen LogP contribution is 2.50. The van der Waals surface area contributed by atoms with E-state index in [9.17, 15) is 4.79 Å². The normalized spacial score (nSPS) is 19.4. The molecular weight excluding hydrogens is 456 g/mol. The first-order chi connectivity index (χ1) is 18.3. The average Bonchev–Trinajstić information content (AvgIpc) is 3.46. The minimum atomic E-state index is -0.0583. The van der Waals surface area contributed by atoms with Crippen LogP contribution in [0.1, 0.15) is 51.0 Å². The molecule has 2 aliphatic rings. The lowest BCUT2D eigenvalue weighted by molar-refractivity contribution is 0.0951. The third kappa shape index (κ3) is 4.88. The minimum absolute atomic E-state index is 0.0583. The summed E-state index contributed by atoms with van der Waals surface area (Å²) in [7, 11) is 0. The third-order valence-corrected chi connectivity index (χ3v) is 7.42. The van der Waals surface area contributed by atoms with Crippen LogP contribution in [0.5, 0.6) is 5.75 Å². The van der Waals surface area contributed by atoms with Crippen LogP contribution in [-0.2, 0) is 13.2 Å². The molecule has 4 aromatic carbocycles. The van der Waals surface area contributed by atoms with Gasteiger partial charge in [-0.1, -0.05) is 97.1 Å². The monoisotopic (exact) mass is 486 g/mol. The molecule has 1 amide bonds. The van der Waals surface area contributed by atoms with Crippen LogP contribution in [0, 0.1) is 5.92 Å². The number of hydrogen-bond donors (Lipinski definition) is 2. The maximum absolute atomic E-state index is 13.3. The Morgan fingerprint density at radius 2 is 1.57 bits per heavy atom. The molecule has 37 heavy (non-hydrogen) atoms. The van der Waals surface area contributed by atoms with Gasteiger partial charge in [-0.05, 0) is 52.8 Å². The van der Waals surface area contributed by atoms with Crippen LogP contribution in [0.3, 0.4) is 0 Å². The zero-order valence-corrected chi connectivity index (χ0v) is 20.6. The Labute approximate surface area is 218 Å². The first kappa shape index (κ1) is 23.1. The van der Waals surface area contributed by atoms with E-state index in [1.807, 2.05) is 72.8 Å². The fraction of sp³-hybridized carbons (Fsp3) is 0.182. The fourth-order valence-corrected chi connectivity index (χ4v) is 5.53. The number of allylic oxidation sites excluding steroid dienone is 2. The topological polar surface area (TPSA) is 50.4 Å². The van der Waals surface area contributed by atoms with Crippen LogP contribution in [0.25, 0.3) is 0 Å². The van der Waals surface area contributed by atoms with Crippen molar-refractivity contribution in [3.63, 3.8) is 0 Å². The number of anilines is 1. The summed E-state index contributed by atoms with van der Waals surface area (Å²) in [6.45, 7) is 1.05. The van der Waals surface area contributed by atoms with E-state index in [0.717, 1.165) is 29.0 Å². The van der Waals surface area contributed by atoms with Gasteiger partial charge in [0.2, 0.25) is 0 Å². The predicted molar refractivity (Wildman–Crippen MR) is 148 cm³/mol. The maximum Gasteiger partial charge on any atom is 0.253 e. The summed E-state index contributed by atoms with van der Waals surface area (Å²) in [4.78, 5) is 13.3. The van der Waals surface area contributed by atoms with E-state index in [1.165, 1.54) is 11.1 Å². The fourth-order valence-electron chi connectivity index (χ4n) is 5.53. The molecule has 0 fully saturated rings. The van der Waals surface area contributed by atoms with Gasteiger partial charge in [-0.2, -0.15) is 0 Å². The Hall–Kier alpha value is -4.31. The lowest BCUT2D eigenvalue weighted by Gasteiger charge is -2.38. The molecule has 3 atom stereocenters. The minimum Gasteiger partial charge on any atom is -0.489 e. The summed E-state index contributed by atoms with van der Waals surface area (Å²) in [6, 6.07) is 34.8. The molecule has 1 aliphatic heterocycles. The van der Waals surface area contributed by atoms with E-state index in [-0.39, 0.29) is 17.9 Å². The van der Waals surface area contributed by atoms with Crippen molar-refractivity contribution in [1.82, 2.24) is 5.32 Å². The van der Waals surface area contributed by atoms with Crippen molar-refractivity contribution < 1.29 is 9.53 Å². The lowest BCUT2D eigenvalue weighted by atomic mass is 9.76. The molecular formula is C33H30N2O2. The van der Waals surface area contributed by atoms with E-state index >= 15 is 0 Å². The number of hydrogen-bond acceptors (Lipinski definition) is 3. The molecule has 184 valence electrons. The number of rotatable bonds is 7. The number of para-hydroxylation sites is 1. The summed E-state index contributed by atoms with van der Waals surface area (Å²) in [5, 5.41) is 6.87. The highest BCUT2D eigenvalue weighted by atomic mass is 16.5. The SMILES string of the molecule is O=C(NCc1ccccc1)c1cccc2c1NC(c1ccc(OCc3ccccc3)cc1)C1CC=CC21. The number of carbonyl (C=O) groups is 1. The van der Waals surface area contributed by atoms with Crippen LogP contribution in [0.15, 0.2) is 115 Å². The number of fused-ring (bicyclic) bond motifs is 3. The third-order valence-electron chi connectivity index (χ3n) is 7.42. The van der Waals surface area contributed by atoms with Crippen LogP contribution >= 0.6 is 0 Å².